The Balaban J connectivity index is 1.72. The van der Waals surface area contributed by atoms with Gasteiger partial charge in [0.15, 0.2) is 11.5 Å². The second-order valence-electron chi connectivity index (χ2n) is 5.05. The number of para-hydroxylation sites is 2. The highest BCUT2D eigenvalue weighted by molar-refractivity contribution is 5.78. The zero-order valence-corrected chi connectivity index (χ0v) is 12.0. The van der Waals surface area contributed by atoms with Crippen LogP contribution in [0.3, 0.4) is 0 Å². The van der Waals surface area contributed by atoms with E-state index in [1.54, 1.807) is 18.2 Å². The predicted molar refractivity (Wildman–Crippen MR) is 77.9 cm³/mol. The first kappa shape index (κ1) is 13.5. The summed E-state index contributed by atoms with van der Waals surface area (Å²) in [5, 5.41) is 0. The molecule has 3 rings (SSSR count). The van der Waals surface area contributed by atoms with Crippen LogP contribution in [0.5, 0.6) is 17.2 Å². The summed E-state index contributed by atoms with van der Waals surface area (Å²) in [6, 6.07) is 12.9. The monoisotopic (exact) mass is 284 g/mol. The molecule has 1 heterocycles. The van der Waals surface area contributed by atoms with Gasteiger partial charge in [0.05, 0.1) is 0 Å². The average Bonchev–Trinajstić information content (AvgIpc) is 2.49. The number of carbonyl (C=O) groups is 1. The van der Waals surface area contributed by atoms with Crippen LogP contribution >= 0.6 is 0 Å². The van der Waals surface area contributed by atoms with Crippen molar-refractivity contribution in [2.75, 3.05) is 6.61 Å². The molecule has 108 valence electrons. The molecule has 0 aromatic heterocycles. The van der Waals surface area contributed by atoms with Gasteiger partial charge < -0.3 is 14.2 Å². The van der Waals surface area contributed by atoms with Gasteiger partial charge in [-0.2, -0.15) is 0 Å². The molecule has 0 fully saturated rings. The quantitative estimate of drug-likeness (QED) is 0.628. The molecule has 21 heavy (non-hydrogen) atoms. The van der Waals surface area contributed by atoms with Crippen molar-refractivity contribution in [2.45, 2.75) is 20.0 Å². The fourth-order valence-electron chi connectivity index (χ4n) is 2.22. The molecular weight excluding hydrogens is 268 g/mol. The Morgan fingerprint density at radius 2 is 1.90 bits per heavy atom. The zero-order chi connectivity index (χ0) is 14.8. The van der Waals surface area contributed by atoms with Crippen molar-refractivity contribution in [3.63, 3.8) is 0 Å². The second-order valence-corrected chi connectivity index (χ2v) is 5.05. The first-order chi connectivity index (χ1) is 10.1. The Bertz CT molecular complexity index is 678. The average molecular weight is 284 g/mol. The van der Waals surface area contributed by atoms with Gasteiger partial charge in [-0.1, -0.05) is 29.8 Å². The molecule has 4 heteroatoms. The maximum Gasteiger partial charge on any atom is 0.356 e. The lowest BCUT2D eigenvalue weighted by atomic mass is 10.1. The Morgan fingerprint density at radius 3 is 2.67 bits per heavy atom. The van der Waals surface area contributed by atoms with E-state index in [1.807, 2.05) is 38.1 Å². The third-order valence-electron chi connectivity index (χ3n) is 3.31. The summed E-state index contributed by atoms with van der Waals surface area (Å²) in [6.45, 7) is 4.05. The number of hydrogen-bond acceptors (Lipinski definition) is 4. The Hall–Kier alpha value is -2.49. The van der Waals surface area contributed by atoms with Gasteiger partial charge in [0.2, 0.25) is 6.10 Å². The van der Waals surface area contributed by atoms with Gasteiger partial charge in [0.25, 0.3) is 0 Å². The molecule has 0 aliphatic carbocycles. The molecule has 0 saturated carbocycles. The molecule has 1 aliphatic heterocycles. The smallest absolute Gasteiger partial charge is 0.356 e. The highest BCUT2D eigenvalue weighted by Crippen LogP contribution is 2.31. The fourth-order valence-corrected chi connectivity index (χ4v) is 2.22. The van der Waals surface area contributed by atoms with Crippen molar-refractivity contribution in [1.82, 2.24) is 0 Å². The zero-order valence-electron chi connectivity index (χ0n) is 12.0. The van der Waals surface area contributed by atoms with Crippen molar-refractivity contribution in [3.8, 4) is 17.2 Å². The van der Waals surface area contributed by atoms with Crippen molar-refractivity contribution >= 4 is 5.97 Å². The predicted octanol–water partition coefficient (Wildman–Crippen LogP) is 3.05. The number of esters is 1. The second kappa shape index (κ2) is 5.48. The summed E-state index contributed by atoms with van der Waals surface area (Å²) < 4.78 is 16.6. The van der Waals surface area contributed by atoms with Crippen LogP contribution in [-0.4, -0.2) is 18.7 Å². The standard InChI is InChI=1S/C17H16O4/c1-11-7-8-13(12(2)9-11)21-17(18)16-10-19-14-5-3-4-6-15(14)20-16/h3-9,16H,10H2,1-2H3/t16-/m0/s1. The number of fused-ring (bicyclic) bond motifs is 1. The highest BCUT2D eigenvalue weighted by atomic mass is 16.6. The van der Waals surface area contributed by atoms with E-state index in [0.29, 0.717) is 17.2 Å². The van der Waals surface area contributed by atoms with Gasteiger partial charge in [-0.25, -0.2) is 4.79 Å². The maximum absolute atomic E-state index is 12.2. The molecule has 0 spiro atoms. The van der Waals surface area contributed by atoms with E-state index < -0.39 is 12.1 Å². The van der Waals surface area contributed by atoms with Crippen LogP contribution in [0.2, 0.25) is 0 Å². The molecule has 0 bridgehead atoms. The Kier molecular flexibility index (Phi) is 3.52. The number of carbonyl (C=O) groups excluding carboxylic acids is 1. The Morgan fingerprint density at radius 1 is 1.14 bits per heavy atom. The van der Waals surface area contributed by atoms with Crippen LogP contribution in [0.4, 0.5) is 0 Å². The minimum atomic E-state index is -0.749. The maximum atomic E-state index is 12.2. The lowest BCUT2D eigenvalue weighted by Gasteiger charge is -2.25. The summed E-state index contributed by atoms with van der Waals surface area (Å²) in [5.74, 6) is 1.31. The lowest BCUT2D eigenvalue weighted by molar-refractivity contribution is -0.144. The summed E-state index contributed by atoms with van der Waals surface area (Å²) >= 11 is 0. The third-order valence-corrected chi connectivity index (χ3v) is 3.31. The summed E-state index contributed by atoms with van der Waals surface area (Å²) in [7, 11) is 0. The molecule has 2 aromatic rings. The molecule has 0 unspecified atom stereocenters. The van der Waals surface area contributed by atoms with Gasteiger partial charge in [-0.15, -0.1) is 0 Å². The van der Waals surface area contributed by atoms with Crippen LogP contribution in [-0.2, 0) is 4.79 Å². The van der Waals surface area contributed by atoms with E-state index in [2.05, 4.69) is 0 Å². The largest absolute Gasteiger partial charge is 0.485 e. The van der Waals surface area contributed by atoms with Gasteiger partial charge >= 0.3 is 5.97 Å². The molecule has 0 N–H and O–H groups in total. The van der Waals surface area contributed by atoms with E-state index in [0.717, 1.165) is 11.1 Å². The minimum absolute atomic E-state index is 0.154. The first-order valence-corrected chi connectivity index (χ1v) is 6.81. The van der Waals surface area contributed by atoms with Gasteiger partial charge in [-0.05, 0) is 37.6 Å². The van der Waals surface area contributed by atoms with Crippen molar-refractivity contribution < 1.29 is 19.0 Å². The first-order valence-electron chi connectivity index (χ1n) is 6.81. The van der Waals surface area contributed by atoms with Crippen molar-refractivity contribution in [1.29, 1.82) is 0 Å². The molecule has 1 atom stereocenters. The van der Waals surface area contributed by atoms with Crippen LogP contribution in [0.1, 0.15) is 11.1 Å². The van der Waals surface area contributed by atoms with E-state index in [-0.39, 0.29) is 6.61 Å². The van der Waals surface area contributed by atoms with E-state index in [1.165, 1.54) is 0 Å². The van der Waals surface area contributed by atoms with Gasteiger partial charge in [-0.3, -0.25) is 0 Å². The molecule has 2 aromatic carbocycles. The molecule has 1 aliphatic rings. The molecule has 0 amide bonds. The SMILES string of the molecule is Cc1ccc(OC(=O)[C@@H]2COc3ccccc3O2)c(C)c1. The fraction of sp³-hybridized carbons (Fsp3) is 0.235. The summed E-state index contributed by atoms with van der Waals surface area (Å²) in [4.78, 5) is 12.2. The highest BCUT2D eigenvalue weighted by Gasteiger charge is 2.29. The number of hydrogen-bond donors (Lipinski definition) is 0. The van der Waals surface area contributed by atoms with E-state index in [9.17, 15) is 4.79 Å². The topological polar surface area (TPSA) is 44.8 Å². The van der Waals surface area contributed by atoms with Gasteiger partial charge in [0, 0.05) is 0 Å². The Labute approximate surface area is 123 Å². The minimum Gasteiger partial charge on any atom is -0.485 e. The van der Waals surface area contributed by atoms with E-state index >= 15 is 0 Å². The lowest BCUT2D eigenvalue weighted by Crippen LogP contribution is -2.39. The van der Waals surface area contributed by atoms with E-state index in [4.69, 9.17) is 14.2 Å². The molecule has 0 radical (unpaired) electrons. The normalized spacial score (nSPS) is 16.4. The molecule has 4 nitrogen and oxygen atoms in total. The number of aryl methyl sites for hydroxylation is 2. The van der Waals surface area contributed by atoms with Crippen LogP contribution in [0.15, 0.2) is 42.5 Å². The van der Waals surface area contributed by atoms with Crippen molar-refractivity contribution in [2.24, 2.45) is 0 Å². The number of rotatable bonds is 2. The van der Waals surface area contributed by atoms with Gasteiger partial charge in [0.1, 0.15) is 12.4 Å². The van der Waals surface area contributed by atoms with Crippen LogP contribution in [0, 0.1) is 13.8 Å². The van der Waals surface area contributed by atoms with Crippen LogP contribution < -0.4 is 14.2 Å². The van der Waals surface area contributed by atoms with Crippen LogP contribution in [0.25, 0.3) is 0 Å². The summed E-state index contributed by atoms with van der Waals surface area (Å²) in [6.07, 6.45) is -0.749. The number of benzene rings is 2. The summed E-state index contributed by atoms with van der Waals surface area (Å²) in [5.41, 5.74) is 2.04. The molecule has 0 saturated heterocycles. The molecular formula is C17H16O4. The number of ether oxygens (including phenoxy) is 3. The van der Waals surface area contributed by atoms with Crippen molar-refractivity contribution in [3.05, 3.63) is 53.6 Å². The third kappa shape index (κ3) is 2.84.